The lowest BCUT2D eigenvalue weighted by molar-refractivity contribution is 0.102. The van der Waals surface area contributed by atoms with Crippen molar-refractivity contribution in [3.63, 3.8) is 0 Å². The first-order valence-electron chi connectivity index (χ1n) is 6.64. The second-order valence-electron chi connectivity index (χ2n) is 4.65. The number of amides is 1. The van der Waals surface area contributed by atoms with Crippen molar-refractivity contribution in [1.29, 1.82) is 0 Å². The lowest BCUT2D eigenvalue weighted by atomic mass is 10.0. The molecule has 106 valence electrons. The summed E-state index contributed by atoms with van der Waals surface area (Å²) in [4.78, 5) is 16.6. The summed E-state index contributed by atoms with van der Waals surface area (Å²) in [5.41, 5.74) is 9.13. The van der Waals surface area contributed by atoms with Crippen molar-refractivity contribution in [3.8, 4) is 11.8 Å². The smallest absolute Gasteiger partial charge is 0.256 e. The third-order valence-electron chi connectivity index (χ3n) is 3.00. The quantitative estimate of drug-likeness (QED) is 0.829. The molecule has 0 aliphatic heterocycles. The zero-order valence-electron chi connectivity index (χ0n) is 12.1. The molecule has 1 aromatic carbocycles. The summed E-state index contributed by atoms with van der Waals surface area (Å²) in [7, 11) is 0. The number of carbonyl (C=O) groups excluding carboxylic acids is 1. The number of anilines is 1. The van der Waals surface area contributed by atoms with Gasteiger partial charge in [-0.1, -0.05) is 17.9 Å². The van der Waals surface area contributed by atoms with Crippen LogP contribution in [0.1, 0.15) is 27.2 Å². The van der Waals surface area contributed by atoms with Crippen molar-refractivity contribution in [2.24, 2.45) is 5.73 Å². The van der Waals surface area contributed by atoms with Gasteiger partial charge in [-0.2, -0.15) is 0 Å². The molecule has 4 nitrogen and oxygen atoms in total. The van der Waals surface area contributed by atoms with E-state index in [2.05, 4.69) is 22.1 Å². The van der Waals surface area contributed by atoms with Crippen LogP contribution in [0, 0.1) is 25.7 Å². The largest absolute Gasteiger partial charge is 0.320 e. The number of hydrogen-bond donors (Lipinski definition) is 2. The Labute approximate surface area is 124 Å². The molecule has 0 saturated carbocycles. The van der Waals surface area contributed by atoms with Gasteiger partial charge < -0.3 is 11.1 Å². The minimum atomic E-state index is -0.201. The van der Waals surface area contributed by atoms with E-state index in [4.69, 9.17) is 5.73 Å². The first-order valence-corrected chi connectivity index (χ1v) is 6.64. The number of nitrogens with zero attached hydrogens (tertiary/aromatic N) is 1. The maximum Gasteiger partial charge on any atom is 0.256 e. The number of carbonyl (C=O) groups is 1. The number of nitrogens with one attached hydrogen (secondary N) is 1. The summed E-state index contributed by atoms with van der Waals surface area (Å²) < 4.78 is 0. The zero-order valence-corrected chi connectivity index (χ0v) is 12.1. The van der Waals surface area contributed by atoms with Crippen molar-refractivity contribution in [2.75, 3.05) is 11.9 Å². The number of aromatic nitrogens is 1. The fraction of sp³-hybridized carbons (Fsp3) is 0.176. The van der Waals surface area contributed by atoms with Crippen LogP contribution in [0.15, 0.2) is 36.5 Å². The Kier molecular flexibility index (Phi) is 4.70. The summed E-state index contributed by atoms with van der Waals surface area (Å²) >= 11 is 0. The van der Waals surface area contributed by atoms with E-state index in [0.29, 0.717) is 16.8 Å². The first kappa shape index (κ1) is 14.8. The Morgan fingerprint density at radius 1 is 1.33 bits per heavy atom. The normalized spacial score (nSPS) is 9.67. The summed E-state index contributed by atoms with van der Waals surface area (Å²) in [6.45, 7) is 4.07. The third kappa shape index (κ3) is 3.68. The van der Waals surface area contributed by atoms with Gasteiger partial charge in [0.15, 0.2) is 0 Å². The van der Waals surface area contributed by atoms with E-state index in [1.165, 1.54) is 0 Å². The topological polar surface area (TPSA) is 68.0 Å². The molecular formula is C17H17N3O. The van der Waals surface area contributed by atoms with E-state index in [1.54, 1.807) is 18.3 Å². The second kappa shape index (κ2) is 6.69. The number of pyridine rings is 1. The molecule has 0 aliphatic carbocycles. The van der Waals surface area contributed by atoms with Gasteiger partial charge in [0.05, 0.1) is 23.5 Å². The number of nitrogens with two attached hydrogens (primary N) is 1. The Balaban J connectivity index is 2.33. The van der Waals surface area contributed by atoms with E-state index in [0.717, 1.165) is 11.3 Å². The lowest BCUT2D eigenvalue weighted by Gasteiger charge is -2.09. The molecular weight excluding hydrogens is 262 g/mol. The minimum absolute atomic E-state index is 0.201. The highest BCUT2D eigenvalue weighted by atomic mass is 16.1. The van der Waals surface area contributed by atoms with E-state index in [1.807, 2.05) is 32.0 Å². The second-order valence-corrected chi connectivity index (χ2v) is 4.65. The van der Waals surface area contributed by atoms with Crippen molar-refractivity contribution >= 4 is 11.6 Å². The van der Waals surface area contributed by atoms with Gasteiger partial charge in [0.2, 0.25) is 0 Å². The van der Waals surface area contributed by atoms with Crippen LogP contribution in [0.4, 0.5) is 5.69 Å². The van der Waals surface area contributed by atoms with Crippen LogP contribution in [0.2, 0.25) is 0 Å². The van der Waals surface area contributed by atoms with E-state index in [9.17, 15) is 4.79 Å². The average Bonchev–Trinajstić information content (AvgIpc) is 2.47. The van der Waals surface area contributed by atoms with Crippen molar-refractivity contribution in [3.05, 3.63) is 58.9 Å². The molecule has 0 atom stereocenters. The zero-order chi connectivity index (χ0) is 15.2. The summed E-state index contributed by atoms with van der Waals surface area (Å²) in [6, 6.07) is 9.15. The molecule has 21 heavy (non-hydrogen) atoms. The predicted octanol–water partition coefficient (Wildman–Crippen LogP) is 2.26. The fourth-order valence-corrected chi connectivity index (χ4v) is 1.91. The predicted molar refractivity (Wildman–Crippen MR) is 84.0 cm³/mol. The highest BCUT2D eigenvalue weighted by Crippen LogP contribution is 2.15. The van der Waals surface area contributed by atoms with Crippen LogP contribution in [0.25, 0.3) is 0 Å². The van der Waals surface area contributed by atoms with Crippen LogP contribution in [-0.2, 0) is 0 Å². The van der Waals surface area contributed by atoms with Gasteiger partial charge >= 0.3 is 0 Å². The summed E-state index contributed by atoms with van der Waals surface area (Å²) in [5.74, 6) is 5.53. The van der Waals surface area contributed by atoms with Gasteiger partial charge in [-0.3, -0.25) is 9.78 Å². The first-order chi connectivity index (χ1) is 10.1. The molecule has 0 bridgehead atoms. The van der Waals surface area contributed by atoms with Gasteiger partial charge in [0, 0.05) is 11.8 Å². The van der Waals surface area contributed by atoms with Gasteiger partial charge in [-0.05, 0) is 43.7 Å². The van der Waals surface area contributed by atoms with E-state index >= 15 is 0 Å². The Morgan fingerprint density at radius 3 is 2.86 bits per heavy atom. The third-order valence-corrected chi connectivity index (χ3v) is 3.00. The van der Waals surface area contributed by atoms with E-state index in [-0.39, 0.29) is 12.5 Å². The Morgan fingerprint density at radius 2 is 2.14 bits per heavy atom. The van der Waals surface area contributed by atoms with Crippen LogP contribution >= 0.6 is 0 Å². The Bertz CT molecular complexity index is 726. The van der Waals surface area contributed by atoms with E-state index < -0.39 is 0 Å². The van der Waals surface area contributed by atoms with Crippen molar-refractivity contribution < 1.29 is 4.79 Å². The SMILES string of the molecule is Cc1ccc(C(=O)Nc2cccnc2C)c(C#CCN)c1. The number of aryl methyl sites for hydroxylation is 2. The maximum absolute atomic E-state index is 12.4. The number of hydrogen-bond acceptors (Lipinski definition) is 3. The van der Waals surface area contributed by atoms with Crippen LogP contribution in [-0.4, -0.2) is 17.4 Å². The van der Waals surface area contributed by atoms with Crippen LogP contribution in [0.5, 0.6) is 0 Å². The molecule has 3 N–H and O–H groups in total. The molecule has 0 unspecified atom stereocenters. The highest BCUT2D eigenvalue weighted by molar-refractivity contribution is 6.06. The fourth-order valence-electron chi connectivity index (χ4n) is 1.91. The molecule has 1 aromatic heterocycles. The lowest BCUT2D eigenvalue weighted by Crippen LogP contribution is -2.14. The van der Waals surface area contributed by atoms with Crippen molar-refractivity contribution in [1.82, 2.24) is 4.98 Å². The molecule has 2 aromatic rings. The number of benzene rings is 1. The maximum atomic E-state index is 12.4. The monoisotopic (exact) mass is 279 g/mol. The standard InChI is InChI=1S/C17H17N3O/c1-12-7-8-15(14(11-12)5-3-9-18)17(21)20-16-6-4-10-19-13(16)2/h4,6-8,10-11H,9,18H2,1-2H3,(H,20,21). The summed E-state index contributed by atoms with van der Waals surface area (Å²) in [6.07, 6.45) is 1.69. The molecule has 0 fully saturated rings. The van der Waals surface area contributed by atoms with Crippen LogP contribution < -0.4 is 11.1 Å². The molecule has 0 aliphatic rings. The molecule has 0 saturated heterocycles. The average molecular weight is 279 g/mol. The van der Waals surface area contributed by atoms with Crippen LogP contribution in [0.3, 0.4) is 0 Å². The van der Waals surface area contributed by atoms with Gasteiger partial charge in [0.1, 0.15) is 0 Å². The summed E-state index contributed by atoms with van der Waals surface area (Å²) in [5, 5.41) is 2.86. The Hall–Kier alpha value is -2.64. The van der Waals surface area contributed by atoms with Crippen molar-refractivity contribution in [2.45, 2.75) is 13.8 Å². The van der Waals surface area contributed by atoms with Gasteiger partial charge in [-0.15, -0.1) is 0 Å². The van der Waals surface area contributed by atoms with Gasteiger partial charge in [0.25, 0.3) is 5.91 Å². The molecule has 0 radical (unpaired) electrons. The number of rotatable bonds is 2. The molecule has 4 heteroatoms. The molecule has 1 amide bonds. The molecule has 1 heterocycles. The molecule has 0 spiro atoms. The van der Waals surface area contributed by atoms with Gasteiger partial charge in [-0.25, -0.2) is 0 Å². The highest BCUT2D eigenvalue weighted by Gasteiger charge is 2.12. The minimum Gasteiger partial charge on any atom is -0.320 e. The molecule has 2 rings (SSSR count).